The number of hydroxylamine groups is 1. The highest BCUT2D eigenvalue weighted by Gasteiger charge is 2.29. The van der Waals surface area contributed by atoms with Gasteiger partial charge in [-0.1, -0.05) is 81.4 Å². The van der Waals surface area contributed by atoms with Crippen LogP contribution in [0.25, 0.3) is 17.1 Å². The van der Waals surface area contributed by atoms with Crippen molar-refractivity contribution in [3.05, 3.63) is 102 Å². The predicted octanol–water partition coefficient (Wildman–Crippen LogP) is 3.94. The van der Waals surface area contributed by atoms with Gasteiger partial charge in [0.2, 0.25) is 5.78 Å². The van der Waals surface area contributed by atoms with Crippen LogP contribution < -0.4 is 10.8 Å². The van der Waals surface area contributed by atoms with Gasteiger partial charge in [0.05, 0.1) is 17.9 Å². The zero-order chi connectivity index (χ0) is 27.8. The van der Waals surface area contributed by atoms with E-state index in [0.717, 1.165) is 16.8 Å². The van der Waals surface area contributed by atoms with Crippen molar-refractivity contribution in [3.63, 3.8) is 0 Å². The number of carbonyl (C=O) groups is 3. The molecule has 0 saturated carbocycles. The van der Waals surface area contributed by atoms with Crippen LogP contribution in [0.5, 0.6) is 0 Å². The number of benzene rings is 2. The van der Waals surface area contributed by atoms with Crippen LogP contribution in [0, 0.1) is 5.41 Å². The standard InChI is InChI=1S/C30H31N5O4/c1-30(2,3)20-39-34-29(38)26(36)25(19-21-11-6-4-7-12-21)32-28(37)23-15-10-17-31-27(23)35-18-16-24(33-35)22-13-8-5-9-14-22/h4-18,25H,19-20H2,1-3H3,(H,32,37)(H,34,38)/t25-/m1/s1. The van der Waals surface area contributed by atoms with Gasteiger partial charge in [-0.15, -0.1) is 0 Å². The molecule has 4 rings (SSSR count). The average Bonchev–Trinajstić information content (AvgIpc) is 3.43. The topological polar surface area (TPSA) is 115 Å². The van der Waals surface area contributed by atoms with E-state index in [-0.39, 0.29) is 24.0 Å². The molecule has 39 heavy (non-hydrogen) atoms. The molecule has 0 bridgehead atoms. The Kier molecular flexibility index (Phi) is 8.63. The lowest BCUT2D eigenvalue weighted by atomic mass is 9.99. The summed E-state index contributed by atoms with van der Waals surface area (Å²) in [6.45, 7) is 6.03. The molecule has 2 aromatic carbocycles. The fourth-order valence-corrected chi connectivity index (χ4v) is 3.78. The normalized spacial score (nSPS) is 12.0. The summed E-state index contributed by atoms with van der Waals surface area (Å²) < 4.78 is 1.51. The van der Waals surface area contributed by atoms with E-state index in [1.165, 1.54) is 4.68 Å². The van der Waals surface area contributed by atoms with Gasteiger partial charge in [0, 0.05) is 24.4 Å². The van der Waals surface area contributed by atoms with E-state index >= 15 is 0 Å². The maximum atomic E-state index is 13.5. The summed E-state index contributed by atoms with van der Waals surface area (Å²) in [4.78, 5) is 48.9. The average molecular weight is 526 g/mol. The molecule has 0 aliphatic carbocycles. The van der Waals surface area contributed by atoms with E-state index in [9.17, 15) is 14.4 Å². The Morgan fingerprint density at radius 2 is 1.62 bits per heavy atom. The van der Waals surface area contributed by atoms with Gasteiger partial charge >= 0.3 is 5.91 Å². The van der Waals surface area contributed by atoms with E-state index in [1.54, 1.807) is 24.5 Å². The van der Waals surface area contributed by atoms with Crippen molar-refractivity contribution in [2.24, 2.45) is 5.41 Å². The Morgan fingerprint density at radius 1 is 0.923 bits per heavy atom. The first-order valence-electron chi connectivity index (χ1n) is 12.6. The molecular formula is C30H31N5O4. The van der Waals surface area contributed by atoms with Crippen LogP contribution in [-0.2, 0) is 20.8 Å². The molecule has 2 heterocycles. The maximum Gasteiger partial charge on any atom is 0.313 e. The molecule has 200 valence electrons. The SMILES string of the molecule is CC(C)(C)CONC(=O)C(=O)[C@@H](Cc1ccccc1)NC(=O)c1cccnc1-n1ccc(-c2ccccc2)n1. The number of carbonyl (C=O) groups excluding carboxylic acids is 3. The summed E-state index contributed by atoms with van der Waals surface area (Å²) in [6, 6.07) is 22.7. The highest BCUT2D eigenvalue weighted by Crippen LogP contribution is 2.19. The molecule has 9 nitrogen and oxygen atoms in total. The molecule has 0 aliphatic rings. The molecule has 0 saturated heterocycles. The number of hydrogen-bond donors (Lipinski definition) is 2. The molecule has 1 atom stereocenters. The van der Waals surface area contributed by atoms with Gasteiger partial charge in [-0.2, -0.15) is 5.10 Å². The van der Waals surface area contributed by atoms with Crippen LogP contribution in [0.15, 0.2) is 91.3 Å². The summed E-state index contributed by atoms with van der Waals surface area (Å²) in [6.07, 6.45) is 3.39. The van der Waals surface area contributed by atoms with E-state index in [4.69, 9.17) is 4.84 Å². The quantitative estimate of drug-likeness (QED) is 0.239. The Hall–Kier alpha value is -4.63. The summed E-state index contributed by atoms with van der Waals surface area (Å²) in [5.41, 5.74) is 4.63. The highest BCUT2D eigenvalue weighted by molar-refractivity contribution is 6.38. The van der Waals surface area contributed by atoms with Crippen molar-refractivity contribution in [1.29, 1.82) is 0 Å². The largest absolute Gasteiger partial charge is 0.341 e. The predicted molar refractivity (Wildman–Crippen MR) is 147 cm³/mol. The number of Topliss-reactive ketones (excluding diaryl/α,β-unsaturated/α-hetero) is 1. The maximum absolute atomic E-state index is 13.5. The summed E-state index contributed by atoms with van der Waals surface area (Å²) in [5.74, 6) is -2.03. The Balaban J connectivity index is 1.56. The molecule has 0 unspecified atom stereocenters. The van der Waals surface area contributed by atoms with E-state index in [2.05, 4.69) is 20.9 Å². The Bertz CT molecular complexity index is 1430. The van der Waals surface area contributed by atoms with Gasteiger partial charge in [0.15, 0.2) is 5.82 Å². The van der Waals surface area contributed by atoms with Gasteiger partial charge < -0.3 is 5.32 Å². The van der Waals surface area contributed by atoms with Crippen LogP contribution in [0.4, 0.5) is 0 Å². The number of rotatable bonds is 10. The molecule has 0 radical (unpaired) electrons. The van der Waals surface area contributed by atoms with Crippen molar-refractivity contribution in [2.45, 2.75) is 33.2 Å². The zero-order valence-electron chi connectivity index (χ0n) is 22.1. The first-order valence-corrected chi connectivity index (χ1v) is 12.6. The smallest absolute Gasteiger partial charge is 0.313 e. The van der Waals surface area contributed by atoms with Crippen molar-refractivity contribution in [3.8, 4) is 17.1 Å². The third-order valence-electron chi connectivity index (χ3n) is 5.71. The second-order valence-electron chi connectivity index (χ2n) is 10.2. The lowest BCUT2D eigenvalue weighted by Crippen LogP contribution is -2.49. The fourth-order valence-electron chi connectivity index (χ4n) is 3.78. The van der Waals surface area contributed by atoms with Crippen molar-refractivity contribution in [1.82, 2.24) is 25.6 Å². The second-order valence-corrected chi connectivity index (χ2v) is 10.2. The number of hydrogen-bond acceptors (Lipinski definition) is 6. The molecule has 2 amide bonds. The minimum absolute atomic E-state index is 0.119. The number of ketones is 1. The van der Waals surface area contributed by atoms with Gasteiger partial charge in [-0.3, -0.25) is 19.2 Å². The first kappa shape index (κ1) is 27.4. The second kappa shape index (κ2) is 12.3. The molecule has 0 fully saturated rings. The van der Waals surface area contributed by atoms with Crippen molar-refractivity contribution in [2.75, 3.05) is 6.61 Å². The number of pyridine rings is 1. The molecule has 0 aliphatic heterocycles. The summed E-state index contributed by atoms with van der Waals surface area (Å²) >= 11 is 0. The summed E-state index contributed by atoms with van der Waals surface area (Å²) in [7, 11) is 0. The Morgan fingerprint density at radius 3 is 2.31 bits per heavy atom. The van der Waals surface area contributed by atoms with Crippen LogP contribution in [0.2, 0.25) is 0 Å². The van der Waals surface area contributed by atoms with Crippen LogP contribution in [0.1, 0.15) is 36.7 Å². The number of amides is 2. The van der Waals surface area contributed by atoms with Crippen molar-refractivity contribution >= 4 is 17.6 Å². The molecule has 9 heteroatoms. The van der Waals surface area contributed by atoms with Crippen molar-refractivity contribution < 1.29 is 19.2 Å². The van der Waals surface area contributed by atoms with Gasteiger partial charge in [-0.25, -0.2) is 15.1 Å². The lowest BCUT2D eigenvalue weighted by molar-refractivity contribution is -0.148. The van der Waals surface area contributed by atoms with Crippen LogP contribution >= 0.6 is 0 Å². The van der Waals surface area contributed by atoms with Crippen LogP contribution in [-0.4, -0.2) is 45.0 Å². The number of aromatic nitrogens is 3. The fraction of sp³-hybridized carbons (Fsp3) is 0.233. The number of nitrogens with zero attached hydrogens (tertiary/aromatic N) is 3. The third kappa shape index (κ3) is 7.45. The third-order valence-corrected chi connectivity index (χ3v) is 5.71. The summed E-state index contributed by atoms with van der Waals surface area (Å²) in [5, 5.41) is 7.32. The monoisotopic (exact) mass is 525 g/mol. The van der Waals surface area contributed by atoms with E-state index < -0.39 is 23.6 Å². The minimum atomic E-state index is -1.14. The first-order chi connectivity index (χ1) is 18.7. The van der Waals surface area contributed by atoms with Crippen LogP contribution in [0.3, 0.4) is 0 Å². The molecular weight excluding hydrogens is 494 g/mol. The van der Waals surface area contributed by atoms with Gasteiger partial charge in [0.25, 0.3) is 5.91 Å². The Labute approximate surface area is 227 Å². The van der Waals surface area contributed by atoms with Gasteiger partial charge in [0.1, 0.15) is 6.04 Å². The minimum Gasteiger partial charge on any atom is -0.341 e. The number of nitrogens with one attached hydrogen (secondary N) is 2. The zero-order valence-corrected chi connectivity index (χ0v) is 22.1. The lowest BCUT2D eigenvalue weighted by Gasteiger charge is -2.20. The molecule has 2 aromatic heterocycles. The highest BCUT2D eigenvalue weighted by atomic mass is 16.7. The van der Waals surface area contributed by atoms with E-state index in [0.29, 0.717) is 5.82 Å². The molecule has 4 aromatic rings. The molecule has 2 N–H and O–H groups in total. The van der Waals surface area contributed by atoms with Gasteiger partial charge in [-0.05, 0) is 29.2 Å². The molecule has 0 spiro atoms. The van der Waals surface area contributed by atoms with E-state index in [1.807, 2.05) is 87.5 Å².